The van der Waals surface area contributed by atoms with E-state index in [9.17, 15) is 0 Å². The molecule has 1 N–H and O–H groups in total. The molecule has 1 aliphatic heterocycles. The van der Waals surface area contributed by atoms with Crippen LogP contribution < -0.4 is 5.32 Å². The number of nitrogens with one attached hydrogen (secondary N) is 1. The lowest BCUT2D eigenvalue weighted by Crippen LogP contribution is -2.49. The van der Waals surface area contributed by atoms with Crippen LogP contribution in [0.4, 0.5) is 0 Å². The fourth-order valence-corrected chi connectivity index (χ4v) is 5.37. The first-order valence-corrected chi connectivity index (χ1v) is 7.69. The van der Waals surface area contributed by atoms with Gasteiger partial charge in [0, 0.05) is 12.6 Å². The third-order valence-electron chi connectivity index (χ3n) is 5.99. The molecule has 0 radical (unpaired) electrons. The van der Waals surface area contributed by atoms with E-state index in [0.717, 1.165) is 42.8 Å². The largest absolute Gasteiger partial charge is 0.380 e. The molecule has 4 aliphatic carbocycles. The molecule has 1 heterocycles. The molecule has 2 heteroatoms. The van der Waals surface area contributed by atoms with Crippen LogP contribution in [0.1, 0.15) is 38.5 Å². The van der Waals surface area contributed by atoms with E-state index in [2.05, 4.69) is 5.32 Å². The van der Waals surface area contributed by atoms with Gasteiger partial charge in [0.2, 0.25) is 0 Å². The van der Waals surface area contributed by atoms with Crippen molar-refractivity contribution in [3.63, 3.8) is 0 Å². The maximum Gasteiger partial charge on any atom is 0.0620 e. The summed E-state index contributed by atoms with van der Waals surface area (Å²) in [5.74, 6) is 5.37. The predicted octanol–water partition coefficient (Wildman–Crippen LogP) is 2.44. The highest BCUT2D eigenvalue weighted by Crippen LogP contribution is 2.56. The van der Waals surface area contributed by atoms with Crippen molar-refractivity contribution in [1.29, 1.82) is 0 Å². The third kappa shape index (κ3) is 1.94. The van der Waals surface area contributed by atoms with E-state index in [1.807, 2.05) is 0 Å². The van der Waals surface area contributed by atoms with Crippen molar-refractivity contribution < 1.29 is 4.74 Å². The average Bonchev–Trinajstić information content (AvgIpc) is 2.80. The summed E-state index contributed by atoms with van der Waals surface area (Å²) in [4.78, 5) is 0. The minimum absolute atomic E-state index is 0.659. The van der Waals surface area contributed by atoms with Crippen molar-refractivity contribution in [2.24, 2.45) is 29.6 Å². The highest BCUT2D eigenvalue weighted by atomic mass is 16.5. The van der Waals surface area contributed by atoms with Crippen LogP contribution in [0.3, 0.4) is 0 Å². The van der Waals surface area contributed by atoms with Gasteiger partial charge in [-0.1, -0.05) is 0 Å². The van der Waals surface area contributed by atoms with Crippen LogP contribution in [0.15, 0.2) is 0 Å². The SMILES string of the molecule is C1CC(NCC2C3CC4CC(C3)CC2C4)CO1. The highest BCUT2D eigenvalue weighted by Gasteiger charge is 2.47. The highest BCUT2D eigenvalue weighted by molar-refractivity contribution is 4.98. The van der Waals surface area contributed by atoms with Gasteiger partial charge in [-0.3, -0.25) is 0 Å². The molecule has 0 aromatic rings. The van der Waals surface area contributed by atoms with E-state index < -0.39 is 0 Å². The molecule has 2 nitrogen and oxygen atoms in total. The number of hydrogen-bond acceptors (Lipinski definition) is 2. The molecule has 96 valence electrons. The summed E-state index contributed by atoms with van der Waals surface area (Å²) in [7, 11) is 0. The Morgan fingerprint density at radius 3 is 2.24 bits per heavy atom. The van der Waals surface area contributed by atoms with Gasteiger partial charge in [0.15, 0.2) is 0 Å². The Morgan fingerprint density at radius 2 is 1.65 bits per heavy atom. The molecule has 17 heavy (non-hydrogen) atoms. The van der Waals surface area contributed by atoms with Gasteiger partial charge in [-0.2, -0.15) is 0 Å². The van der Waals surface area contributed by atoms with Crippen LogP contribution >= 0.6 is 0 Å². The molecule has 5 fully saturated rings. The van der Waals surface area contributed by atoms with Crippen molar-refractivity contribution in [3.05, 3.63) is 0 Å². The predicted molar refractivity (Wildman–Crippen MR) is 67.8 cm³/mol. The second-order valence-electron chi connectivity index (χ2n) is 7.06. The molecular weight excluding hydrogens is 210 g/mol. The third-order valence-corrected chi connectivity index (χ3v) is 5.99. The van der Waals surface area contributed by atoms with E-state index in [4.69, 9.17) is 4.74 Å². The van der Waals surface area contributed by atoms with Crippen molar-refractivity contribution in [3.8, 4) is 0 Å². The van der Waals surface area contributed by atoms with Crippen molar-refractivity contribution in [2.45, 2.75) is 44.6 Å². The molecule has 0 spiro atoms. The first kappa shape index (κ1) is 10.8. The monoisotopic (exact) mass is 235 g/mol. The molecule has 0 aromatic carbocycles. The summed E-state index contributed by atoms with van der Waals surface area (Å²) in [6.45, 7) is 3.20. The first-order chi connectivity index (χ1) is 8.38. The van der Waals surface area contributed by atoms with Gasteiger partial charge in [0.05, 0.1) is 6.61 Å². The van der Waals surface area contributed by atoms with E-state index >= 15 is 0 Å². The zero-order chi connectivity index (χ0) is 11.2. The van der Waals surface area contributed by atoms with Gasteiger partial charge < -0.3 is 10.1 Å². The van der Waals surface area contributed by atoms with Crippen LogP contribution in [-0.4, -0.2) is 25.8 Å². The summed E-state index contributed by atoms with van der Waals surface area (Å²) < 4.78 is 5.45. The molecule has 1 atom stereocenters. The molecule has 4 bridgehead atoms. The molecule has 1 saturated heterocycles. The Balaban J connectivity index is 1.37. The Hall–Kier alpha value is -0.0800. The van der Waals surface area contributed by atoms with Crippen molar-refractivity contribution in [1.82, 2.24) is 5.32 Å². The van der Waals surface area contributed by atoms with Crippen LogP contribution in [0.25, 0.3) is 0 Å². The zero-order valence-corrected chi connectivity index (χ0v) is 10.7. The van der Waals surface area contributed by atoms with Crippen LogP contribution in [0, 0.1) is 29.6 Å². The molecule has 5 aliphatic rings. The topological polar surface area (TPSA) is 21.3 Å². The lowest BCUT2D eigenvalue weighted by molar-refractivity contribution is -0.0363. The van der Waals surface area contributed by atoms with Crippen LogP contribution in [0.2, 0.25) is 0 Å². The number of ether oxygens (including phenoxy) is 1. The Labute approximate surface area is 104 Å². The normalized spacial score (nSPS) is 52.2. The van der Waals surface area contributed by atoms with Gasteiger partial charge in [-0.25, -0.2) is 0 Å². The second kappa shape index (κ2) is 4.24. The lowest BCUT2D eigenvalue weighted by Gasteiger charge is -2.54. The molecule has 0 aromatic heterocycles. The average molecular weight is 235 g/mol. The van der Waals surface area contributed by atoms with Gasteiger partial charge in [0.25, 0.3) is 0 Å². The van der Waals surface area contributed by atoms with E-state index in [1.54, 1.807) is 32.1 Å². The fourth-order valence-electron chi connectivity index (χ4n) is 5.37. The maximum atomic E-state index is 5.45. The Kier molecular flexibility index (Phi) is 2.69. The summed E-state index contributed by atoms with van der Waals surface area (Å²) >= 11 is 0. The van der Waals surface area contributed by atoms with Gasteiger partial charge in [-0.05, 0) is 74.7 Å². The van der Waals surface area contributed by atoms with E-state index in [0.29, 0.717) is 6.04 Å². The summed E-state index contributed by atoms with van der Waals surface area (Å²) in [5, 5.41) is 3.78. The first-order valence-electron chi connectivity index (χ1n) is 7.69. The van der Waals surface area contributed by atoms with E-state index in [-0.39, 0.29) is 0 Å². The summed E-state index contributed by atoms with van der Waals surface area (Å²) in [6.07, 6.45) is 9.03. The molecule has 5 rings (SSSR count). The van der Waals surface area contributed by atoms with Gasteiger partial charge >= 0.3 is 0 Å². The quantitative estimate of drug-likeness (QED) is 0.811. The Bertz CT molecular complexity index is 257. The second-order valence-corrected chi connectivity index (χ2v) is 7.06. The lowest BCUT2D eigenvalue weighted by atomic mass is 9.52. The van der Waals surface area contributed by atoms with Crippen molar-refractivity contribution in [2.75, 3.05) is 19.8 Å². The minimum atomic E-state index is 0.659. The molecule has 4 saturated carbocycles. The zero-order valence-electron chi connectivity index (χ0n) is 10.7. The van der Waals surface area contributed by atoms with Crippen LogP contribution in [-0.2, 0) is 4.74 Å². The standard InChI is InChI=1S/C15H25NO/c1-2-17-9-14(1)16-8-15-12-4-10-3-11(6-12)7-13(15)5-10/h10-16H,1-9H2. The van der Waals surface area contributed by atoms with Gasteiger partial charge in [-0.15, -0.1) is 0 Å². The number of rotatable bonds is 3. The molecular formula is C15H25NO. The van der Waals surface area contributed by atoms with Crippen molar-refractivity contribution >= 4 is 0 Å². The fraction of sp³-hybridized carbons (Fsp3) is 1.00. The molecule has 0 amide bonds. The summed E-state index contributed by atoms with van der Waals surface area (Å²) in [6, 6.07) is 0.659. The minimum Gasteiger partial charge on any atom is -0.380 e. The van der Waals surface area contributed by atoms with Gasteiger partial charge in [0.1, 0.15) is 0 Å². The molecule has 1 unspecified atom stereocenters. The smallest absolute Gasteiger partial charge is 0.0620 e. The van der Waals surface area contributed by atoms with Crippen LogP contribution in [0.5, 0.6) is 0 Å². The Morgan fingerprint density at radius 1 is 0.941 bits per heavy atom. The summed E-state index contributed by atoms with van der Waals surface area (Å²) in [5.41, 5.74) is 0. The number of hydrogen-bond donors (Lipinski definition) is 1. The van der Waals surface area contributed by atoms with E-state index in [1.165, 1.54) is 13.0 Å². The maximum absolute atomic E-state index is 5.45.